The van der Waals surface area contributed by atoms with Crippen LogP contribution >= 0.6 is 11.6 Å². The molecule has 0 fully saturated rings. The fourth-order valence-corrected chi connectivity index (χ4v) is 2.83. The first kappa shape index (κ1) is 18.4. The van der Waals surface area contributed by atoms with E-state index >= 15 is 0 Å². The standard InChI is InChI=1S/C15H29ClN4O/c1-7-15(3,21-8-2)14(17-4)13-12(16)11-18-20(13)10-9-19(5)6/h11,14,17H,7-10H2,1-6H3. The first-order valence-corrected chi connectivity index (χ1v) is 7.94. The molecule has 21 heavy (non-hydrogen) atoms. The number of rotatable bonds is 9. The fourth-order valence-electron chi connectivity index (χ4n) is 2.58. The lowest BCUT2D eigenvalue weighted by Crippen LogP contribution is -2.43. The van der Waals surface area contributed by atoms with E-state index in [1.54, 1.807) is 6.20 Å². The number of ether oxygens (including phenoxy) is 1. The summed E-state index contributed by atoms with van der Waals surface area (Å²) in [5.74, 6) is 0. The molecule has 0 saturated carbocycles. The van der Waals surface area contributed by atoms with Gasteiger partial charge < -0.3 is 15.0 Å². The van der Waals surface area contributed by atoms with E-state index in [2.05, 4.69) is 43.3 Å². The van der Waals surface area contributed by atoms with Gasteiger partial charge in [0.2, 0.25) is 0 Å². The third-order valence-corrected chi connectivity index (χ3v) is 4.23. The summed E-state index contributed by atoms with van der Waals surface area (Å²) in [5, 5.41) is 8.48. The molecule has 0 radical (unpaired) electrons. The molecule has 122 valence electrons. The number of hydrogen-bond acceptors (Lipinski definition) is 4. The average molecular weight is 317 g/mol. The maximum atomic E-state index is 6.40. The van der Waals surface area contributed by atoms with E-state index < -0.39 is 0 Å². The van der Waals surface area contributed by atoms with Crippen LogP contribution in [0, 0.1) is 0 Å². The molecular formula is C15H29ClN4O. The molecule has 6 heteroatoms. The van der Waals surface area contributed by atoms with Gasteiger partial charge in [0.25, 0.3) is 0 Å². The van der Waals surface area contributed by atoms with Crippen molar-refractivity contribution < 1.29 is 4.74 Å². The molecule has 0 aliphatic heterocycles. The van der Waals surface area contributed by atoms with Crippen molar-refractivity contribution in [2.75, 3.05) is 34.3 Å². The lowest BCUT2D eigenvalue weighted by atomic mass is 9.90. The second-order valence-corrected chi connectivity index (χ2v) is 6.13. The summed E-state index contributed by atoms with van der Waals surface area (Å²) < 4.78 is 8.00. The molecule has 0 aliphatic rings. The summed E-state index contributed by atoms with van der Waals surface area (Å²) in [6.07, 6.45) is 2.61. The number of hydrogen-bond donors (Lipinski definition) is 1. The van der Waals surface area contributed by atoms with Gasteiger partial charge in [-0.25, -0.2) is 0 Å². The normalized spacial score (nSPS) is 16.2. The van der Waals surface area contributed by atoms with Crippen LogP contribution in [0.4, 0.5) is 0 Å². The van der Waals surface area contributed by atoms with E-state index in [1.165, 1.54) is 0 Å². The zero-order chi connectivity index (χ0) is 16.0. The maximum absolute atomic E-state index is 6.40. The Hall–Kier alpha value is -0.620. The Kier molecular flexibility index (Phi) is 7.13. The summed E-state index contributed by atoms with van der Waals surface area (Å²) in [7, 11) is 6.05. The van der Waals surface area contributed by atoms with E-state index in [1.807, 2.05) is 18.7 Å². The predicted molar refractivity (Wildman–Crippen MR) is 87.9 cm³/mol. The zero-order valence-electron chi connectivity index (χ0n) is 14.1. The highest BCUT2D eigenvalue weighted by Gasteiger charge is 2.37. The van der Waals surface area contributed by atoms with Gasteiger partial charge in [0.05, 0.1) is 35.1 Å². The van der Waals surface area contributed by atoms with Gasteiger partial charge in [0, 0.05) is 13.2 Å². The van der Waals surface area contributed by atoms with Gasteiger partial charge in [0.15, 0.2) is 0 Å². The van der Waals surface area contributed by atoms with Crippen molar-refractivity contribution in [1.29, 1.82) is 0 Å². The molecule has 0 spiro atoms. The Morgan fingerprint density at radius 2 is 2.14 bits per heavy atom. The highest BCUT2D eigenvalue weighted by molar-refractivity contribution is 6.31. The zero-order valence-corrected chi connectivity index (χ0v) is 14.9. The Bertz CT molecular complexity index is 435. The molecule has 2 unspecified atom stereocenters. The number of nitrogens with zero attached hydrogens (tertiary/aromatic N) is 3. The van der Waals surface area contributed by atoms with Crippen LogP contribution in [-0.2, 0) is 11.3 Å². The Morgan fingerprint density at radius 3 is 2.62 bits per heavy atom. The molecule has 1 heterocycles. The summed E-state index contributed by atoms with van der Waals surface area (Å²) >= 11 is 6.40. The minimum absolute atomic E-state index is 0.000359. The smallest absolute Gasteiger partial charge is 0.0861 e. The SMILES string of the molecule is CCOC(C)(CC)C(NC)c1c(Cl)cnn1CCN(C)C. The molecule has 5 nitrogen and oxygen atoms in total. The van der Waals surface area contributed by atoms with Crippen molar-refractivity contribution >= 4 is 11.6 Å². The monoisotopic (exact) mass is 316 g/mol. The molecule has 0 aromatic carbocycles. The number of nitrogens with one attached hydrogen (secondary N) is 1. The van der Waals surface area contributed by atoms with Gasteiger partial charge in [0.1, 0.15) is 0 Å². The Labute approximate surface area is 133 Å². The molecular weight excluding hydrogens is 288 g/mol. The van der Waals surface area contributed by atoms with Gasteiger partial charge in [-0.2, -0.15) is 5.10 Å². The van der Waals surface area contributed by atoms with Crippen LogP contribution in [0.15, 0.2) is 6.20 Å². The summed E-state index contributed by atoms with van der Waals surface area (Å²) in [6, 6.07) is -0.000359. The Balaban J connectivity index is 3.12. The number of halogens is 1. The molecule has 0 bridgehead atoms. The average Bonchev–Trinajstić information content (AvgIpc) is 2.79. The summed E-state index contributed by atoms with van der Waals surface area (Å²) in [4.78, 5) is 2.13. The predicted octanol–water partition coefficient (Wildman–Crippen LogP) is 2.56. The van der Waals surface area contributed by atoms with Crippen LogP contribution in [0.2, 0.25) is 5.02 Å². The third-order valence-electron chi connectivity index (χ3n) is 3.94. The van der Waals surface area contributed by atoms with Crippen LogP contribution in [0.5, 0.6) is 0 Å². The molecule has 0 saturated heterocycles. The molecule has 1 aromatic heterocycles. The van der Waals surface area contributed by atoms with Crippen molar-refractivity contribution in [1.82, 2.24) is 20.0 Å². The van der Waals surface area contributed by atoms with Crippen molar-refractivity contribution in [3.05, 3.63) is 16.9 Å². The third kappa shape index (κ3) is 4.42. The van der Waals surface area contributed by atoms with Crippen molar-refractivity contribution in [2.45, 2.75) is 45.4 Å². The molecule has 0 amide bonds. The first-order valence-electron chi connectivity index (χ1n) is 7.56. The van der Waals surface area contributed by atoms with E-state index in [0.29, 0.717) is 11.6 Å². The second kappa shape index (κ2) is 8.13. The topological polar surface area (TPSA) is 42.3 Å². The molecule has 1 rings (SSSR count). The van der Waals surface area contributed by atoms with Crippen LogP contribution < -0.4 is 5.32 Å². The number of aromatic nitrogens is 2. The maximum Gasteiger partial charge on any atom is 0.0861 e. The molecule has 0 aliphatic carbocycles. The van der Waals surface area contributed by atoms with Crippen LogP contribution in [0.1, 0.15) is 38.9 Å². The fraction of sp³-hybridized carbons (Fsp3) is 0.800. The molecule has 1 aromatic rings. The highest BCUT2D eigenvalue weighted by Crippen LogP contribution is 2.35. The van der Waals surface area contributed by atoms with Crippen molar-refractivity contribution in [2.24, 2.45) is 0 Å². The lowest BCUT2D eigenvalue weighted by molar-refractivity contribution is -0.0566. The van der Waals surface area contributed by atoms with Gasteiger partial charge >= 0.3 is 0 Å². The van der Waals surface area contributed by atoms with Crippen molar-refractivity contribution in [3.8, 4) is 0 Å². The quantitative estimate of drug-likeness (QED) is 0.760. The minimum Gasteiger partial charge on any atom is -0.374 e. The largest absolute Gasteiger partial charge is 0.374 e. The summed E-state index contributed by atoms with van der Waals surface area (Å²) in [6.45, 7) is 8.67. The van der Waals surface area contributed by atoms with Gasteiger partial charge in [-0.3, -0.25) is 4.68 Å². The van der Waals surface area contributed by atoms with E-state index in [9.17, 15) is 0 Å². The Morgan fingerprint density at radius 1 is 1.48 bits per heavy atom. The van der Waals surface area contributed by atoms with Gasteiger partial charge in [-0.1, -0.05) is 18.5 Å². The van der Waals surface area contributed by atoms with E-state index in [4.69, 9.17) is 16.3 Å². The van der Waals surface area contributed by atoms with Crippen LogP contribution in [0.25, 0.3) is 0 Å². The highest BCUT2D eigenvalue weighted by atomic mass is 35.5. The minimum atomic E-state index is -0.316. The lowest BCUT2D eigenvalue weighted by Gasteiger charge is -2.37. The van der Waals surface area contributed by atoms with E-state index in [0.717, 1.165) is 25.2 Å². The van der Waals surface area contributed by atoms with Gasteiger partial charge in [-0.05, 0) is 41.4 Å². The first-order chi connectivity index (χ1) is 9.89. The van der Waals surface area contributed by atoms with Crippen LogP contribution in [0.3, 0.4) is 0 Å². The number of likely N-dealkylation sites (N-methyl/N-ethyl adjacent to an activating group) is 2. The summed E-state index contributed by atoms with van der Waals surface area (Å²) in [5.41, 5.74) is 0.682. The van der Waals surface area contributed by atoms with E-state index in [-0.39, 0.29) is 11.6 Å². The van der Waals surface area contributed by atoms with Crippen LogP contribution in [-0.4, -0.2) is 54.6 Å². The van der Waals surface area contributed by atoms with Gasteiger partial charge in [-0.15, -0.1) is 0 Å². The van der Waals surface area contributed by atoms with Crippen molar-refractivity contribution in [3.63, 3.8) is 0 Å². The molecule has 2 atom stereocenters. The second-order valence-electron chi connectivity index (χ2n) is 5.73. The molecule has 1 N–H and O–H groups in total.